The number of rotatable bonds is 12. The molecule has 0 radical (unpaired) electrons. The molecule has 0 aliphatic heterocycles. The molecule has 0 aromatic carbocycles. The standard InChI is InChI=1S/C20H30O2/c1-2-3-4-5-6-7-8-9-10-11-12-13-14-15-16-17-18-19-20(21)22/h9-10,12-13,15-16H,2-5,8,11,14,17-19H2,1H3,(H,21,22)/b10-9-,13-12-,16-15-. The molecule has 0 fully saturated rings. The molecular formula is C20H30O2. The third kappa shape index (κ3) is 18.2. The molecule has 0 aliphatic rings. The van der Waals surface area contributed by atoms with Crippen molar-refractivity contribution in [2.45, 2.75) is 71.1 Å². The van der Waals surface area contributed by atoms with Gasteiger partial charge in [0.1, 0.15) is 0 Å². The second-order valence-corrected chi connectivity index (χ2v) is 5.19. The van der Waals surface area contributed by atoms with Gasteiger partial charge in [0.25, 0.3) is 0 Å². The first-order valence-electron chi connectivity index (χ1n) is 8.39. The van der Waals surface area contributed by atoms with Crippen molar-refractivity contribution in [2.75, 3.05) is 0 Å². The summed E-state index contributed by atoms with van der Waals surface area (Å²) in [5.41, 5.74) is 0. The van der Waals surface area contributed by atoms with Gasteiger partial charge in [0.15, 0.2) is 0 Å². The Labute approximate surface area is 136 Å². The number of aliphatic carboxylic acids is 1. The number of allylic oxidation sites excluding steroid dienone is 6. The normalized spacial score (nSPS) is 11.3. The summed E-state index contributed by atoms with van der Waals surface area (Å²) in [4.78, 5) is 10.3. The molecule has 0 unspecified atom stereocenters. The van der Waals surface area contributed by atoms with Crippen LogP contribution >= 0.6 is 0 Å². The summed E-state index contributed by atoms with van der Waals surface area (Å²) in [5, 5.41) is 8.49. The number of carboxylic acid groups (broad SMARTS) is 1. The van der Waals surface area contributed by atoms with Gasteiger partial charge in [-0.05, 0) is 32.1 Å². The molecule has 0 bridgehead atoms. The lowest BCUT2D eigenvalue weighted by Crippen LogP contribution is -1.92. The van der Waals surface area contributed by atoms with Crippen LogP contribution in [0, 0.1) is 11.8 Å². The first kappa shape index (κ1) is 20.2. The van der Waals surface area contributed by atoms with Crippen LogP contribution in [0.1, 0.15) is 71.1 Å². The monoisotopic (exact) mass is 302 g/mol. The van der Waals surface area contributed by atoms with Crippen LogP contribution in [0.15, 0.2) is 36.5 Å². The summed E-state index contributed by atoms with van der Waals surface area (Å²) in [7, 11) is 0. The highest BCUT2D eigenvalue weighted by Crippen LogP contribution is 1.99. The zero-order valence-corrected chi connectivity index (χ0v) is 13.9. The van der Waals surface area contributed by atoms with E-state index in [0.717, 1.165) is 38.5 Å². The lowest BCUT2D eigenvalue weighted by atomic mass is 10.2. The Morgan fingerprint density at radius 1 is 0.909 bits per heavy atom. The maximum atomic E-state index is 10.3. The van der Waals surface area contributed by atoms with Gasteiger partial charge >= 0.3 is 5.97 Å². The van der Waals surface area contributed by atoms with Gasteiger partial charge in [0.05, 0.1) is 0 Å². The summed E-state index contributed by atoms with van der Waals surface area (Å²) in [6, 6.07) is 0. The van der Waals surface area contributed by atoms with Crippen molar-refractivity contribution in [3.63, 3.8) is 0 Å². The van der Waals surface area contributed by atoms with Crippen LogP contribution in [-0.2, 0) is 4.79 Å². The van der Waals surface area contributed by atoms with Gasteiger partial charge in [-0.25, -0.2) is 0 Å². The fourth-order valence-electron chi connectivity index (χ4n) is 1.80. The molecule has 122 valence electrons. The Morgan fingerprint density at radius 3 is 2.27 bits per heavy atom. The largest absolute Gasteiger partial charge is 0.481 e. The van der Waals surface area contributed by atoms with Crippen molar-refractivity contribution >= 4 is 5.97 Å². The quantitative estimate of drug-likeness (QED) is 0.287. The Kier molecular flexibility index (Phi) is 15.9. The Bertz CT molecular complexity index is 405. The van der Waals surface area contributed by atoms with Crippen LogP contribution in [0.2, 0.25) is 0 Å². The second kappa shape index (κ2) is 17.3. The first-order chi connectivity index (χ1) is 10.8. The molecule has 0 aliphatic carbocycles. The van der Waals surface area contributed by atoms with Gasteiger partial charge in [0.2, 0.25) is 0 Å². The summed E-state index contributed by atoms with van der Waals surface area (Å²) < 4.78 is 0. The number of hydrogen-bond donors (Lipinski definition) is 1. The molecule has 0 heterocycles. The van der Waals surface area contributed by atoms with E-state index in [2.05, 4.69) is 55.2 Å². The number of hydrogen-bond acceptors (Lipinski definition) is 1. The first-order valence-corrected chi connectivity index (χ1v) is 8.39. The van der Waals surface area contributed by atoms with Crippen LogP contribution in [0.25, 0.3) is 0 Å². The minimum absolute atomic E-state index is 0.256. The molecule has 22 heavy (non-hydrogen) atoms. The molecule has 0 saturated heterocycles. The van der Waals surface area contributed by atoms with E-state index < -0.39 is 5.97 Å². The second-order valence-electron chi connectivity index (χ2n) is 5.19. The molecule has 0 atom stereocenters. The molecular weight excluding hydrogens is 272 g/mol. The molecule has 0 saturated carbocycles. The average molecular weight is 302 g/mol. The third-order valence-electron chi connectivity index (χ3n) is 3.06. The van der Waals surface area contributed by atoms with Gasteiger partial charge in [-0.15, -0.1) is 5.92 Å². The van der Waals surface area contributed by atoms with Crippen molar-refractivity contribution in [3.05, 3.63) is 36.5 Å². The van der Waals surface area contributed by atoms with Gasteiger partial charge < -0.3 is 5.11 Å². The number of unbranched alkanes of at least 4 members (excludes halogenated alkanes) is 4. The highest BCUT2D eigenvalue weighted by atomic mass is 16.4. The minimum atomic E-state index is -0.717. The van der Waals surface area contributed by atoms with Gasteiger partial charge in [-0.2, -0.15) is 0 Å². The van der Waals surface area contributed by atoms with Crippen molar-refractivity contribution in [1.82, 2.24) is 0 Å². The van der Waals surface area contributed by atoms with E-state index >= 15 is 0 Å². The van der Waals surface area contributed by atoms with E-state index in [-0.39, 0.29) is 6.42 Å². The van der Waals surface area contributed by atoms with E-state index in [1.54, 1.807) is 0 Å². The molecule has 0 aromatic heterocycles. The maximum Gasteiger partial charge on any atom is 0.303 e. The van der Waals surface area contributed by atoms with Gasteiger partial charge in [-0.3, -0.25) is 4.79 Å². The molecule has 0 rings (SSSR count). The predicted octanol–water partition coefficient (Wildman–Crippen LogP) is 5.66. The zero-order chi connectivity index (χ0) is 16.3. The number of carboxylic acids is 1. The third-order valence-corrected chi connectivity index (χ3v) is 3.06. The molecule has 0 spiro atoms. The Hall–Kier alpha value is -1.75. The SMILES string of the molecule is CCCCCC#CC/C=C\C/C=C\C/C=C\CCCC(=O)O. The van der Waals surface area contributed by atoms with Crippen LogP contribution in [0.5, 0.6) is 0 Å². The lowest BCUT2D eigenvalue weighted by molar-refractivity contribution is -0.137. The summed E-state index contributed by atoms with van der Waals surface area (Å²) >= 11 is 0. The van der Waals surface area contributed by atoms with Crippen LogP contribution in [-0.4, -0.2) is 11.1 Å². The smallest absolute Gasteiger partial charge is 0.303 e. The van der Waals surface area contributed by atoms with Gasteiger partial charge in [-0.1, -0.05) is 62.1 Å². The van der Waals surface area contributed by atoms with E-state index in [9.17, 15) is 4.79 Å². The molecule has 2 nitrogen and oxygen atoms in total. The fourth-order valence-corrected chi connectivity index (χ4v) is 1.80. The van der Waals surface area contributed by atoms with Crippen molar-refractivity contribution in [3.8, 4) is 11.8 Å². The average Bonchev–Trinajstić information content (AvgIpc) is 2.50. The highest BCUT2D eigenvalue weighted by Gasteiger charge is 1.92. The Morgan fingerprint density at radius 2 is 1.59 bits per heavy atom. The molecule has 0 amide bonds. The molecule has 1 N–H and O–H groups in total. The summed E-state index contributed by atoms with van der Waals surface area (Å²) in [5.74, 6) is 5.65. The van der Waals surface area contributed by atoms with Crippen LogP contribution in [0.3, 0.4) is 0 Å². The van der Waals surface area contributed by atoms with E-state index in [4.69, 9.17) is 5.11 Å². The Balaban J connectivity index is 3.44. The van der Waals surface area contributed by atoms with Crippen molar-refractivity contribution in [2.24, 2.45) is 0 Å². The van der Waals surface area contributed by atoms with E-state index in [1.807, 2.05) is 0 Å². The zero-order valence-electron chi connectivity index (χ0n) is 13.9. The van der Waals surface area contributed by atoms with Gasteiger partial charge in [0, 0.05) is 19.3 Å². The van der Waals surface area contributed by atoms with E-state index in [0.29, 0.717) is 0 Å². The maximum absolute atomic E-state index is 10.3. The molecule has 2 heteroatoms. The topological polar surface area (TPSA) is 37.3 Å². The van der Waals surface area contributed by atoms with Crippen molar-refractivity contribution in [1.29, 1.82) is 0 Å². The molecule has 0 aromatic rings. The van der Waals surface area contributed by atoms with Crippen LogP contribution in [0.4, 0.5) is 0 Å². The highest BCUT2D eigenvalue weighted by molar-refractivity contribution is 5.66. The summed E-state index contributed by atoms with van der Waals surface area (Å²) in [6.07, 6.45) is 22.0. The van der Waals surface area contributed by atoms with E-state index in [1.165, 1.54) is 19.3 Å². The minimum Gasteiger partial charge on any atom is -0.481 e. The van der Waals surface area contributed by atoms with Crippen molar-refractivity contribution < 1.29 is 9.90 Å². The number of carbonyl (C=O) groups is 1. The summed E-state index contributed by atoms with van der Waals surface area (Å²) in [6.45, 7) is 2.21. The fraction of sp³-hybridized carbons (Fsp3) is 0.550. The van der Waals surface area contributed by atoms with Crippen LogP contribution < -0.4 is 0 Å². The lowest BCUT2D eigenvalue weighted by Gasteiger charge is -1.89. The predicted molar refractivity (Wildman–Crippen MR) is 94.7 cm³/mol.